The maximum absolute atomic E-state index is 13.8. The van der Waals surface area contributed by atoms with Crippen LogP contribution in [0.4, 0.5) is 20.2 Å². The Bertz CT molecular complexity index is 2160. The molecule has 0 spiro atoms. The Kier molecular flexibility index (Phi) is 9.48. The lowest BCUT2D eigenvalue weighted by molar-refractivity contribution is 0.426. The van der Waals surface area contributed by atoms with Crippen LogP contribution in [-0.4, -0.2) is 17.2 Å². The maximum atomic E-state index is 13.8. The summed E-state index contributed by atoms with van der Waals surface area (Å²) in [6.45, 7) is 8.82. The summed E-state index contributed by atoms with van der Waals surface area (Å²) in [4.78, 5) is 0. The molecule has 2 aliphatic rings. The molecule has 6 N–H and O–H groups in total. The van der Waals surface area contributed by atoms with E-state index < -0.39 is 7.12 Å². The quantitative estimate of drug-likeness (QED) is 0.106. The van der Waals surface area contributed by atoms with Gasteiger partial charge >= 0.3 is 7.12 Å². The highest BCUT2D eigenvalue weighted by atomic mass is 79.9. The van der Waals surface area contributed by atoms with Crippen LogP contribution in [0.1, 0.15) is 49.9 Å². The topological polar surface area (TPSA) is 92.5 Å². The molecule has 8 rings (SSSR count). The Labute approximate surface area is 300 Å². The molecule has 252 valence electrons. The van der Waals surface area contributed by atoms with E-state index in [9.17, 15) is 18.8 Å². The van der Waals surface area contributed by atoms with Crippen LogP contribution < -0.4 is 16.9 Å². The fourth-order valence-corrected chi connectivity index (χ4v) is 7.82. The molecule has 2 aliphatic carbocycles. The first-order valence-corrected chi connectivity index (χ1v) is 17.1. The van der Waals surface area contributed by atoms with Crippen LogP contribution in [0.5, 0.6) is 0 Å². The fraction of sp³-hybridized carbons (Fsp3) is 0.143. The van der Waals surface area contributed by atoms with E-state index in [1.165, 1.54) is 46.0 Å². The van der Waals surface area contributed by atoms with Crippen molar-refractivity contribution in [3.8, 4) is 33.4 Å². The SMILES string of the molecule is CC1(C)c2ccccc2-c2c(-c3cc(N)cc(F)c3)cccc21.CC1(C)c2ccccc2-c2c(B(O)O)cccc21.Nc1cc(F)cc(Br)c1. The van der Waals surface area contributed by atoms with Crippen molar-refractivity contribution < 1.29 is 18.8 Å². The van der Waals surface area contributed by atoms with Gasteiger partial charge in [-0.1, -0.05) is 129 Å². The van der Waals surface area contributed by atoms with Gasteiger partial charge < -0.3 is 21.5 Å². The fourth-order valence-electron chi connectivity index (χ4n) is 7.34. The Morgan fingerprint density at radius 3 is 1.54 bits per heavy atom. The Balaban J connectivity index is 0.000000142. The van der Waals surface area contributed by atoms with Gasteiger partial charge in [-0.15, -0.1) is 0 Å². The molecule has 0 bridgehead atoms. The third kappa shape index (κ3) is 6.47. The Hall–Kier alpha value is -4.76. The molecule has 0 atom stereocenters. The van der Waals surface area contributed by atoms with Gasteiger partial charge in [0.25, 0.3) is 0 Å². The van der Waals surface area contributed by atoms with Gasteiger partial charge in [0.15, 0.2) is 0 Å². The van der Waals surface area contributed by atoms with E-state index in [0.717, 1.165) is 27.8 Å². The van der Waals surface area contributed by atoms with Crippen LogP contribution in [-0.2, 0) is 10.8 Å². The summed E-state index contributed by atoms with van der Waals surface area (Å²) in [5, 5.41) is 19.1. The minimum atomic E-state index is -1.43. The van der Waals surface area contributed by atoms with Crippen molar-refractivity contribution in [3.05, 3.63) is 160 Å². The lowest BCUT2D eigenvalue weighted by Gasteiger charge is -2.21. The van der Waals surface area contributed by atoms with Gasteiger partial charge in [0.1, 0.15) is 11.6 Å². The highest BCUT2D eigenvalue weighted by Gasteiger charge is 2.38. The maximum Gasteiger partial charge on any atom is 0.489 e. The summed E-state index contributed by atoms with van der Waals surface area (Å²) in [5.74, 6) is -0.620. The molecule has 8 heteroatoms. The third-order valence-corrected chi connectivity index (χ3v) is 10.1. The first-order chi connectivity index (χ1) is 23.7. The molecule has 4 nitrogen and oxygen atoms in total. The molecule has 6 aromatic rings. The van der Waals surface area contributed by atoms with E-state index >= 15 is 0 Å². The summed E-state index contributed by atoms with van der Waals surface area (Å²) in [7, 11) is -1.43. The van der Waals surface area contributed by atoms with Gasteiger partial charge in [0.2, 0.25) is 0 Å². The summed E-state index contributed by atoms with van der Waals surface area (Å²) in [6, 6.07) is 37.7. The number of nitrogen functional groups attached to an aromatic ring is 2. The van der Waals surface area contributed by atoms with Crippen molar-refractivity contribution in [3.63, 3.8) is 0 Å². The second-order valence-corrected chi connectivity index (χ2v) is 14.6. The zero-order valence-corrected chi connectivity index (χ0v) is 29.9. The van der Waals surface area contributed by atoms with E-state index in [0.29, 0.717) is 21.3 Å². The number of benzene rings is 6. The molecule has 0 radical (unpaired) electrons. The lowest BCUT2D eigenvalue weighted by Crippen LogP contribution is -2.32. The molecule has 0 unspecified atom stereocenters. The second-order valence-electron chi connectivity index (χ2n) is 13.7. The Morgan fingerprint density at radius 2 is 1.00 bits per heavy atom. The average Bonchev–Trinajstić information content (AvgIpc) is 3.44. The predicted octanol–water partition coefficient (Wildman–Crippen LogP) is 9.22. The number of fused-ring (bicyclic) bond motifs is 6. The van der Waals surface area contributed by atoms with E-state index in [2.05, 4.69) is 92.2 Å². The summed E-state index contributed by atoms with van der Waals surface area (Å²) in [5.41, 5.74) is 23.8. The monoisotopic (exact) mass is 730 g/mol. The number of halogens is 3. The van der Waals surface area contributed by atoms with E-state index in [1.807, 2.05) is 36.4 Å². The van der Waals surface area contributed by atoms with Crippen molar-refractivity contribution in [2.45, 2.75) is 38.5 Å². The second kappa shape index (κ2) is 13.5. The molecule has 0 aromatic heterocycles. The molecule has 0 fully saturated rings. The molecule has 0 aliphatic heterocycles. The van der Waals surface area contributed by atoms with Crippen LogP contribution in [0.3, 0.4) is 0 Å². The van der Waals surface area contributed by atoms with Gasteiger partial charge in [-0.05, 0) is 97.5 Å². The predicted molar refractivity (Wildman–Crippen MR) is 206 cm³/mol. The molecule has 0 heterocycles. The molecule has 0 amide bonds. The number of hydrogen-bond donors (Lipinski definition) is 4. The number of rotatable bonds is 2. The van der Waals surface area contributed by atoms with E-state index in [4.69, 9.17) is 11.5 Å². The van der Waals surface area contributed by atoms with Crippen LogP contribution >= 0.6 is 15.9 Å². The zero-order chi connectivity index (χ0) is 36.0. The lowest BCUT2D eigenvalue weighted by atomic mass is 9.74. The smallest absolute Gasteiger partial charge is 0.423 e. The van der Waals surface area contributed by atoms with Gasteiger partial charge in [0.05, 0.1) is 0 Å². The molecule has 0 saturated heterocycles. The van der Waals surface area contributed by atoms with Crippen molar-refractivity contribution in [2.75, 3.05) is 11.5 Å². The molecular weight excluding hydrogens is 693 g/mol. The van der Waals surface area contributed by atoms with Crippen LogP contribution in [0, 0.1) is 11.6 Å². The van der Waals surface area contributed by atoms with Gasteiger partial charge in [-0.3, -0.25) is 0 Å². The standard InChI is InChI=1S/C21H18FN.C15H15BO2.C6H5BrFN/c1-21(2)18-8-4-3-6-17(18)20-16(7-5-9-19(20)21)13-10-14(22)12-15(23)11-13;1-15(2)11-7-4-3-6-10(11)14-12(15)8-5-9-13(14)16(17)18;7-4-1-5(8)3-6(9)2-4/h3-12H,23H2,1-2H3;3-9,17-18H,1-2H3;1-3H,9H2. The van der Waals surface area contributed by atoms with Crippen LogP contribution in [0.2, 0.25) is 0 Å². The highest BCUT2D eigenvalue weighted by molar-refractivity contribution is 9.10. The highest BCUT2D eigenvalue weighted by Crippen LogP contribution is 2.52. The minimum absolute atomic E-state index is 0.0548. The zero-order valence-electron chi connectivity index (χ0n) is 28.3. The summed E-state index contributed by atoms with van der Waals surface area (Å²) < 4.78 is 26.8. The summed E-state index contributed by atoms with van der Waals surface area (Å²) in [6.07, 6.45) is 0. The third-order valence-electron chi connectivity index (χ3n) is 9.64. The number of anilines is 2. The van der Waals surface area contributed by atoms with E-state index in [1.54, 1.807) is 18.2 Å². The van der Waals surface area contributed by atoms with Crippen molar-refractivity contribution in [1.29, 1.82) is 0 Å². The van der Waals surface area contributed by atoms with Crippen LogP contribution in [0.25, 0.3) is 33.4 Å². The largest absolute Gasteiger partial charge is 0.489 e. The van der Waals surface area contributed by atoms with Gasteiger partial charge in [-0.2, -0.15) is 0 Å². The Morgan fingerprint density at radius 1 is 0.540 bits per heavy atom. The normalized spacial score (nSPS) is 13.8. The van der Waals surface area contributed by atoms with Crippen molar-refractivity contribution in [1.82, 2.24) is 0 Å². The minimum Gasteiger partial charge on any atom is -0.423 e. The number of hydrogen-bond acceptors (Lipinski definition) is 4. The van der Waals surface area contributed by atoms with Crippen molar-refractivity contribution >= 4 is 39.9 Å². The van der Waals surface area contributed by atoms with Gasteiger partial charge in [-0.25, -0.2) is 8.78 Å². The molecule has 6 aromatic carbocycles. The number of nitrogens with two attached hydrogens (primary N) is 2. The molecule has 50 heavy (non-hydrogen) atoms. The van der Waals surface area contributed by atoms with Crippen LogP contribution in [0.15, 0.2) is 126 Å². The van der Waals surface area contributed by atoms with Crippen molar-refractivity contribution in [2.24, 2.45) is 0 Å². The van der Waals surface area contributed by atoms with E-state index in [-0.39, 0.29) is 22.5 Å². The summed E-state index contributed by atoms with van der Waals surface area (Å²) >= 11 is 3.09. The molecular formula is C42H38BBrF2N2O2. The first-order valence-electron chi connectivity index (χ1n) is 16.3. The van der Waals surface area contributed by atoms with Gasteiger partial charge in [0, 0.05) is 26.7 Å². The average molecular weight is 731 g/mol. The molecule has 0 saturated carbocycles. The first kappa shape index (κ1) is 35.1.